The van der Waals surface area contributed by atoms with E-state index in [0.29, 0.717) is 12.3 Å². The fourth-order valence-electron chi connectivity index (χ4n) is 1.89. The summed E-state index contributed by atoms with van der Waals surface area (Å²) in [6.07, 6.45) is 4.18. The van der Waals surface area contributed by atoms with Gasteiger partial charge < -0.3 is 5.32 Å². The molecule has 1 aromatic heterocycles. The molecule has 1 amide bonds. The van der Waals surface area contributed by atoms with Crippen LogP contribution < -0.4 is 5.32 Å². The predicted molar refractivity (Wildman–Crippen MR) is 85.2 cm³/mol. The molecule has 0 spiro atoms. The molecule has 0 saturated heterocycles. The fourth-order valence-corrected chi connectivity index (χ4v) is 2.70. The third-order valence-corrected chi connectivity index (χ3v) is 3.95. The second kappa shape index (κ2) is 9.18. The van der Waals surface area contributed by atoms with Crippen molar-refractivity contribution in [2.75, 3.05) is 18.1 Å². The van der Waals surface area contributed by atoms with E-state index in [4.69, 9.17) is 0 Å². The van der Waals surface area contributed by atoms with E-state index >= 15 is 0 Å². The molecular weight excluding hydrogens is 284 g/mol. The van der Waals surface area contributed by atoms with Crippen LogP contribution in [0.4, 0.5) is 0 Å². The van der Waals surface area contributed by atoms with E-state index in [9.17, 15) is 4.79 Å². The Morgan fingerprint density at radius 1 is 1.24 bits per heavy atom. The van der Waals surface area contributed by atoms with E-state index < -0.39 is 0 Å². The number of aromatic nitrogens is 3. The van der Waals surface area contributed by atoms with Crippen molar-refractivity contribution in [2.45, 2.75) is 19.3 Å². The second-order valence-electron chi connectivity index (χ2n) is 4.67. The van der Waals surface area contributed by atoms with Gasteiger partial charge in [-0.05, 0) is 24.2 Å². The van der Waals surface area contributed by atoms with Crippen LogP contribution in [0.3, 0.4) is 0 Å². The zero-order chi connectivity index (χ0) is 14.8. The van der Waals surface area contributed by atoms with Crippen LogP contribution in [0.2, 0.25) is 0 Å². The first kappa shape index (κ1) is 15.6. The summed E-state index contributed by atoms with van der Waals surface area (Å²) in [4.78, 5) is 15.7. The van der Waals surface area contributed by atoms with Crippen LogP contribution in [0.25, 0.3) is 0 Å². The Kier molecular flexibility index (Phi) is 6.80. The Morgan fingerprint density at radius 3 is 2.86 bits per heavy atom. The molecule has 112 valence electrons. The number of aromatic amines is 1. The highest BCUT2D eigenvalue weighted by molar-refractivity contribution is 7.99. The van der Waals surface area contributed by atoms with Crippen LogP contribution in [0.1, 0.15) is 17.8 Å². The number of aryl methyl sites for hydroxylation is 2. The number of thioether (sulfide) groups is 1. The number of amides is 1. The molecule has 2 aromatic rings. The average molecular weight is 304 g/mol. The first-order chi connectivity index (χ1) is 10.3. The lowest BCUT2D eigenvalue weighted by Gasteiger charge is -2.04. The van der Waals surface area contributed by atoms with Gasteiger partial charge in [-0.1, -0.05) is 30.3 Å². The Balaban J connectivity index is 1.48. The molecule has 0 aliphatic carbocycles. The maximum atomic E-state index is 11.6. The first-order valence-corrected chi connectivity index (χ1v) is 8.22. The van der Waals surface area contributed by atoms with E-state index in [1.165, 1.54) is 11.9 Å². The molecule has 2 rings (SSSR count). The van der Waals surface area contributed by atoms with Gasteiger partial charge in [0.1, 0.15) is 12.2 Å². The van der Waals surface area contributed by atoms with Gasteiger partial charge >= 0.3 is 0 Å². The van der Waals surface area contributed by atoms with Crippen LogP contribution in [0.5, 0.6) is 0 Å². The van der Waals surface area contributed by atoms with Gasteiger partial charge in [0.25, 0.3) is 0 Å². The van der Waals surface area contributed by atoms with Crippen molar-refractivity contribution in [1.29, 1.82) is 0 Å². The van der Waals surface area contributed by atoms with E-state index in [1.54, 1.807) is 11.8 Å². The van der Waals surface area contributed by atoms with Crippen molar-refractivity contribution in [3.63, 3.8) is 0 Å². The van der Waals surface area contributed by atoms with Gasteiger partial charge in [-0.15, -0.1) is 0 Å². The topological polar surface area (TPSA) is 70.7 Å². The van der Waals surface area contributed by atoms with Crippen molar-refractivity contribution >= 4 is 17.7 Å². The molecule has 1 aromatic carbocycles. The molecular formula is C15H20N4OS. The van der Waals surface area contributed by atoms with Crippen molar-refractivity contribution < 1.29 is 4.79 Å². The molecule has 5 nitrogen and oxygen atoms in total. The van der Waals surface area contributed by atoms with Gasteiger partial charge in [0.05, 0.1) is 5.75 Å². The fraction of sp³-hybridized carbons (Fsp3) is 0.400. The van der Waals surface area contributed by atoms with Gasteiger partial charge in [-0.2, -0.15) is 16.9 Å². The highest BCUT2D eigenvalue weighted by atomic mass is 32.2. The van der Waals surface area contributed by atoms with Crippen LogP contribution in [0, 0.1) is 0 Å². The van der Waals surface area contributed by atoms with E-state index in [-0.39, 0.29) is 5.91 Å². The molecule has 0 atom stereocenters. The Hall–Kier alpha value is -1.82. The molecule has 0 saturated carbocycles. The molecule has 0 aliphatic rings. The molecule has 0 aliphatic heterocycles. The Bertz CT molecular complexity index is 516. The quantitative estimate of drug-likeness (QED) is 0.693. The van der Waals surface area contributed by atoms with Gasteiger partial charge in [0.15, 0.2) is 0 Å². The largest absolute Gasteiger partial charge is 0.355 e. The van der Waals surface area contributed by atoms with Crippen molar-refractivity contribution in [2.24, 2.45) is 0 Å². The number of H-pyrrole nitrogens is 1. The molecule has 6 heteroatoms. The molecule has 1 heterocycles. The lowest BCUT2D eigenvalue weighted by molar-refractivity contribution is -0.118. The zero-order valence-corrected chi connectivity index (χ0v) is 12.7. The van der Waals surface area contributed by atoms with Gasteiger partial charge in [-0.25, -0.2) is 4.98 Å². The monoisotopic (exact) mass is 304 g/mol. The minimum absolute atomic E-state index is 0.102. The average Bonchev–Trinajstić information content (AvgIpc) is 3.02. The van der Waals surface area contributed by atoms with Crippen molar-refractivity contribution in [3.05, 3.63) is 48.0 Å². The zero-order valence-electron chi connectivity index (χ0n) is 11.9. The summed E-state index contributed by atoms with van der Waals surface area (Å²) in [6, 6.07) is 10.3. The molecule has 0 unspecified atom stereocenters. The molecule has 0 fully saturated rings. The number of nitrogens with one attached hydrogen (secondary N) is 2. The lowest BCUT2D eigenvalue weighted by atomic mass is 10.2. The Morgan fingerprint density at radius 2 is 2.10 bits per heavy atom. The molecule has 0 radical (unpaired) electrons. The maximum absolute atomic E-state index is 11.6. The maximum Gasteiger partial charge on any atom is 0.229 e. The van der Waals surface area contributed by atoms with Crippen LogP contribution >= 0.6 is 11.8 Å². The number of hydrogen-bond acceptors (Lipinski definition) is 4. The third-order valence-electron chi connectivity index (χ3n) is 2.99. The predicted octanol–water partition coefficient (Wildman–Crippen LogP) is 1.83. The number of hydrogen-bond donors (Lipinski definition) is 2. The van der Waals surface area contributed by atoms with Crippen molar-refractivity contribution in [1.82, 2.24) is 20.5 Å². The summed E-state index contributed by atoms with van der Waals surface area (Å²) in [7, 11) is 0. The normalized spacial score (nSPS) is 10.5. The van der Waals surface area contributed by atoms with Crippen LogP contribution in [-0.4, -0.2) is 39.1 Å². The SMILES string of the molecule is O=C(CSCCc1ccccc1)NCCCc1ncn[nH]1. The van der Waals surface area contributed by atoms with E-state index in [2.05, 4.69) is 32.6 Å². The lowest BCUT2D eigenvalue weighted by Crippen LogP contribution is -2.26. The van der Waals surface area contributed by atoms with Crippen molar-refractivity contribution in [3.8, 4) is 0 Å². The first-order valence-electron chi connectivity index (χ1n) is 7.07. The minimum Gasteiger partial charge on any atom is -0.355 e. The van der Waals surface area contributed by atoms with Crippen LogP contribution in [-0.2, 0) is 17.6 Å². The Labute approximate surface area is 128 Å². The highest BCUT2D eigenvalue weighted by Gasteiger charge is 2.02. The number of rotatable bonds is 9. The van der Waals surface area contributed by atoms with Crippen LogP contribution in [0.15, 0.2) is 36.7 Å². The minimum atomic E-state index is 0.102. The number of carbonyl (C=O) groups is 1. The third kappa shape index (κ3) is 6.44. The van der Waals surface area contributed by atoms with E-state index in [0.717, 1.165) is 30.8 Å². The summed E-state index contributed by atoms with van der Waals surface area (Å²) in [6.45, 7) is 0.679. The molecule has 2 N–H and O–H groups in total. The standard InChI is InChI=1S/C15H20N4OS/c20-15(16-9-4-7-14-17-12-18-19-14)11-21-10-8-13-5-2-1-3-6-13/h1-3,5-6,12H,4,7-11H2,(H,16,20)(H,17,18,19). The number of benzene rings is 1. The van der Waals surface area contributed by atoms with Gasteiger partial charge in [0.2, 0.25) is 5.91 Å². The summed E-state index contributed by atoms with van der Waals surface area (Å²) >= 11 is 1.67. The second-order valence-corrected chi connectivity index (χ2v) is 5.78. The van der Waals surface area contributed by atoms with Gasteiger partial charge in [0, 0.05) is 13.0 Å². The smallest absolute Gasteiger partial charge is 0.229 e. The summed E-state index contributed by atoms with van der Waals surface area (Å²) in [5.74, 6) is 2.46. The number of carbonyl (C=O) groups excluding carboxylic acids is 1. The molecule has 0 bridgehead atoms. The highest BCUT2D eigenvalue weighted by Crippen LogP contribution is 2.06. The number of nitrogens with zero attached hydrogens (tertiary/aromatic N) is 2. The summed E-state index contributed by atoms with van der Waals surface area (Å²) < 4.78 is 0. The summed E-state index contributed by atoms with van der Waals surface area (Å²) in [5.41, 5.74) is 1.32. The molecule has 21 heavy (non-hydrogen) atoms. The van der Waals surface area contributed by atoms with E-state index in [1.807, 2.05) is 18.2 Å². The van der Waals surface area contributed by atoms with Gasteiger partial charge in [-0.3, -0.25) is 9.89 Å². The summed E-state index contributed by atoms with van der Waals surface area (Å²) in [5, 5.41) is 9.51.